The first-order valence-corrected chi connectivity index (χ1v) is 7.38. The summed E-state index contributed by atoms with van der Waals surface area (Å²) < 4.78 is 7.09. The minimum absolute atomic E-state index is 0.358. The Morgan fingerprint density at radius 1 is 1.14 bits per heavy atom. The van der Waals surface area contributed by atoms with Crippen LogP contribution in [0.1, 0.15) is 12.8 Å². The van der Waals surface area contributed by atoms with E-state index in [0.717, 1.165) is 37.1 Å². The van der Waals surface area contributed by atoms with E-state index in [0.29, 0.717) is 17.8 Å². The zero-order chi connectivity index (χ0) is 14.8. The van der Waals surface area contributed by atoms with Gasteiger partial charge in [-0.1, -0.05) is 17.3 Å². The van der Waals surface area contributed by atoms with E-state index in [1.165, 1.54) is 0 Å². The van der Waals surface area contributed by atoms with E-state index in [9.17, 15) is 0 Å². The highest BCUT2D eigenvalue weighted by Gasteiger charge is 2.15. The molecule has 0 radical (unpaired) electrons. The normalized spacial score (nSPS) is 16.0. The maximum Gasteiger partial charge on any atom is 0.224 e. The molecule has 0 spiro atoms. The highest BCUT2D eigenvalue weighted by atomic mass is 16.5. The van der Waals surface area contributed by atoms with Gasteiger partial charge in [-0.05, 0) is 25.0 Å². The summed E-state index contributed by atoms with van der Waals surface area (Å²) in [6.45, 7) is 1.57. The number of para-hydroxylation sites is 1. The molecule has 0 unspecified atom stereocenters. The molecule has 1 N–H and O–H groups in total. The van der Waals surface area contributed by atoms with Crippen LogP contribution >= 0.6 is 0 Å². The van der Waals surface area contributed by atoms with Crippen molar-refractivity contribution >= 4 is 17.0 Å². The van der Waals surface area contributed by atoms with Crippen LogP contribution in [0.4, 0.5) is 5.95 Å². The fraction of sp³-hybridized carbons (Fsp3) is 0.333. The van der Waals surface area contributed by atoms with Crippen molar-refractivity contribution in [2.45, 2.75) is 18.9 Å². The van der Waals surface area contributed by atoms with Crippen molar-refractivity contribution in [3.63, 3.8) is 0 Å². The van der Waals surface area contributed by atoms with E-state index in [2.05, 4.69) is 25.6 Å². The summed E-state index contributed by atoms with van der Waals surface area (Å²) in [6, 6.07) is 10.0. The average Bonchev–Trinajstić information content (AvgIpc) is 3.00. The molecule has 0 amide bonds. The molecule has 2 aromatic heterocycles. The summed E-state index contributed by atoms with van der Waals surface area (Å²) in [5.41, 5.74) is 1.78. The quantitative estimate of drug-likeness (QED) is 0.794. The highest BCUT2D eigenvalue weighted by molar-refractivity contribution is 5.75. The molecule has 3 heterocycles. The minimum atomic E-state index is 0.358. The Kier molecular flexibility index (Phi) is 3.40. The second-order valence-electron chi connectivity index (χ2n) is 5.26. The SMILES string of the molecule is c1ccc2c(c1)nnn2-c1ccnc(NC2CCOCC2)n1. The van der Waals surface area contributed by atoms with Crippen LogP contribution in [0, 0.1) is 0 Å². The standard InChI is InChI=1S/C15H16N6O/c1-2-4-13-12(3-1)19-20-21(13)14-5-8-16-15(18-14)17-11-6-9-22-10-7-11/h1-5,8,11H,6-7,9-10H2,(H,16,17,18). The molecule has 0 saturated carbocycles. The number of benzene rings is 1. The van der Waals surface area contributed by atoms with Gasteiger partial charge in [0.15, 0.2) is 5.82 Å². The van der Waals surface area contributed by atoms with Crippen LogP contribution < -0.4 is 5.32 Å². The summed E-state index contributed by atoms with van der Waals surface area (Å²) in [6.07, 6.45) is 3.68. The van der Waals surface area contributed by atoms with Crippen LogP contribution in [0.5, 0.6) is 0 Å². The molecule has 1 aliphatic heterocycles. The van der Waals surface area contributed by atoms with Crippen LogP contribution in [0.3, 0.4) is 0 Å². The van der Waals surface area contributed by atoms with Crippen LogP contribution in [0.2, 0.25) is 0 Å². The maximum absolute atomic E-state index is 5.37. The van der Waals surface area contributed by atoms with Gasteiger partial charge in [-0.3, -0.25) is 0 Å². The zero-order valence-electron chi connectivity index (χ0n) is 12.0. The van der Waals surface area contributed by atoms with Gasteiger partial charge in [0.1, 0.15) is 5.52 Å². The molecule has 112 valence electrons. The Morgan fingerprint density at radius 2 is 2.00 bits per heavy atom. The third-order valence-electron chi connectivity index (χ3n) is 3.76. The number of rotatable bonds is 3. The summed E-state index contributed by atoms with van der Waals surface area (Å²) in [4.78, 5) is 8.86. The van der Waals surface area contributed by atoms with Crippen molar-refractivity contribution in [1.29, 1.82) is 0 Å². The van der Waals surface area contributed by atoms with Crippen LogP contribution in [-0.2, 0) is 4.74 Å². The molecular weight excluding hydrogens is 280 g/mol. The van der Waals surface area contributed by atoms with Gasteiger partial charge in [-0.15, -0.1) is 5.10 Å². The molecule has 4 rings (SSSR count). The average molecular weight is 296 g/mol. The topological polar surface area (TPSA) is 77.8 Å². The van der Waals surface area contributed by atoms with Crippen molar-refractivity contribution < 1.29 is 4.74 Å². The van der Waals surface area contributed by atoms with E-state index < -0.39 is 0 Å². The van der Waals surface area contributed by atoms with Gasteiger partial charge in [-0.25, -0.2) is 4.98 Å². The Morgan fingerprint density at radius 3 is 2.91 bits per heavy atom. The third-order valence-corrected chi connectivity index (χ3v) is 3.76. The molecule has 1 fully saturated rings. The van der Waals surface area contributed by atoms with E-state index in [1.807, 2.05) is 30.3 Å². The summed E-state index contributed by atoms with van der Waals surface area (Å²) in [5, 5.41) is 11.7. The van der Waals surface area contributed by atoms with Gasteiger partial charge in [-0.2, -0.15) is 9.67 Å². The number of anilines is 1. The lowest BCUT2D eigenvalue weighted by molar-refractivity contribution is 0.0903. The summed E-state index contributed by atoms with van der Waals surface area (Å²) in [7, 11) is 0. The Bertz CT molecular complexity index is 780. The number of hydrogen-bond donors (Lipinski definition) is 1. The van der Waals surface area contributed by atoms with Gasteiger partial charge in [0, 0.05) is 31.5 Å². The predicted molar refractivity (Wildman–Crippen MR) is 81.9 cm³/mol. The zero-order valence-corrected chi connectivity index (χ0v) is 12.0. The number of ether oxygens (including phenoxy) is 1. The van der Waals surface area contributed by atoms with Crippen molar-refractivity contribution in [1.82, 2.24) is 25.0 Å². The first-order valence-electron chi connectivity index (χ1n) is 7.38. The van der Waals surface area contributed by atoms with E-state index >= 15 is 0 Å². The van der Waals surface area contributed by atoms with Crippen molar-refractivity contribution in [2.75, 3.05) is 18.5 Å². The lowest BCUT2D eigenvalue weighted by Crippen LogP contribution is -2.28. The molecule has 1 saturated heterocycles. The van der Waals surface area contributed by atoms with Gasteiger partial charge in [0.2, 0.25) is 5.95 Å². The molecule has 0 aliphatic carbocycles. The molecule has 1 aromatic carbocycles. The Labute approximate surface area is 127 Å². The van der Waals surface area contributed by atoms with E-state index in [-0.39, 0.29) is 0 Å². The van der Waals surface area contributed by atoms with Crippen molar-refractivity contribution in [3.05, 3.63) is 36.5 Å². The second kappa shape index (κ2) is 5.69. The van der Waals surface area contributed by atoms with Crippen molar-refractivity contribution in [3.8, 4) is 5.82 Å². The minimum Gasteiger partial charge on any atom is -0.381 e. The van der Waals surface area contributed by atoms with Crippen LogP contribution in [-0.4, -0.2) is 44.2 Å². The monoisotopic (exact) mass is 296 g/mol. The summed E-state index contributed by atoms with van der Waals surface area (Å²) in [5.74, 6) is 1.32. The largest absolute Gasteiger partial charge is 0.381 e. The van der Waals surface area contributed by atoms with Gasteiger partial charge in [0.05, 0.1) is 5.52 Å². The molecular formula is C15H16N6O. The molecule has 7 heteroatoms. The third kappa shape index (κ3) is 2.50. The number of fused-ring (bicyclic) bond motifs is 1. The first kappa shape index (κ1) is 13.1. The Balaban J connectivity index is 1.63. The lowest BCUT2D eigenvalue weighted by Gasteiger charge is -2.23. The maximum atomic E-state index is 5.37. The lowest BCUT2D eigenvalue weighted by atomic mass is 10.1. The molecule has 0 bridgehead atoms. The predicted octanol–water partition coefficient (Wildman–Crippen LogP) is 1.80. The first-order chi connectivity index (χ1) is 10.9. The molecule has 0 atom stereocenters. The summed E-state index contributed by atoms with van der Waals surface area (Å²) >= 11 is 0. The fourth-order valence-electron chi connectivity index (χ4n) is 2.60. The fourth-order valence-corrected chi connectivity index (χ4v) is 2.60. The van der Waals surface area contributed by atoms with Crippen molar-refractivity contribution in [2.24, 2.45) is 0 Å². The highest BCUT2D eigenvalue weighted by Crippen LogP contribution is 2.16. The molecule has 7 nitrogen and oxygen atoms in total. The number of nitrogens with one attached hydrogen (secondary N) is 1. The molecule has 1 aliphatic rings. The van der Waals surface area contributed by atoms with Crippen LogP contribution in [0.25, 0.3) is 16.9 Å². The van der Waals surface area contributed by atoms with Gasteiger partial charge < -0.3 is 10.1 Å². The Hall–Kier alpha value is -2.54. The number of hydrogen-bond acceptors (Lipinski definition) is 6. The van der Waals surface area contributed by atoms with Gasteiger partial charge in [0.25, 0.3) is 0 Å². The second-order valence-corrected chi connectivity index (χ2v) is 5.26. The molecule has 22 heavy (non-hydrogen) atoms. The smallest absolute Gasteiger partial charge is 0.224 e. The van der Waals surface area contributed by atoms with E-state index in [1.54, 1.807) is 10.9 Å². The number of nitrogens with zero attached hydrogens (tertiary/aromatic N) is 5. The molecule has 3 aromatic rings. The van der Waals surface area contributed by atoms with Gasteiger partial charge >= 0.3 is 0 Å². The van der Waals surface area contributed by atoms with Crippen LogP contribution in [0.15, 0.2) is 36.5 Å². The van der Waals surface area contributed by atoms with E-state index in [4.69, 9.17) is 4.74 Å². The number of aromatic nitrogens is 5.